The summed E-state index contributed by atoms with van der Waals surface area (Å²) in [5.74, 6) is 1.24. The Kier molecular flexibility index (Phi) is 6.06. The van der Waals surface area contributed by atoms with Crippen LogP contribution in [-0.4, -0.2) is 31.3 Å². The molecule has 1 saturated carbocycles. The van der Waals surface area contributed by atoms with Gasteiger partial charge in [-0.3, -0.25) is 4.79 Å². The van der Waals surface area contributed by atoms with Crippen molar-refractivity contribution in [2.24, 2.45) is 11.8 Å². The topological polar surface area (TPSA) is 58.6 Å². The van der Waals surface area contributed by atoms with E-state index in [1.807, 2.05) is 12.1 Å². The first-order chi connectivity index (χ1) is 10.2. The van der Waals surface area contributed by atoms with E-state index in [-0.39, 0.29) is 12.5 Å². The second-order valence-corrected chi connectivity index (χ2v) is 6.40. The first-order valence-corrected chi connectivity index (χ1v) is 8.17. The summed E-state index contributed by atoms with van der Waals surface area (Å²) in [7, 11) is 1.58. The Labute approximate surface area is 134 Å². The fourth-order valence-electron chi connectivity index (χ4n) is 2.92. The maximum absolute atomic E-state index is 12.3. The zero-order chi connectivity index (χ0) is 15.2. The smallest absolute Gasteiger partial charge is 0.252 e. The van der Waals surface area contributed by atoms with Gasteiger partial charge in [-0.05, 0) is 58.8 Å². The summed E-state index contributed by atoms with van der Waals surface area (Å²) < 4.78 is 5.91. The minimum atomic E-state index is -0.108. The number of ether oxygens (including phenoxy) is 1. The van der Waals surface area contributed by atoms with Crippen molar-refractivity contribution in [3.63, 3.8) is 0 Å². The number of halogens is 1. The number of nitrogens with one attached hydrogen (secondary N) is 1. The van der Waals surface area contributed by atoms with Gasteiger partial charge in [0.2, 0.25) is 0 Å². The first kappa shape index (κ1) is 16.3. The molecule has 0 bridgehead atoms. The number of aliphatic hydroxyl groups excluding tert-OH is 1. The second-order valence-electron chi connectivity index (χ2n) is 5.54. The zero-order valence-corrected chi connectivity index (χ0v) is 13.9. The van der Waals surface area contributed by atoms with Gasteiger partial charge in [-0.25, -0.2) is 0 Å². The van der Waals surface area contributed by atoms with Gasteiger partial charge < -0.3 is 15.2 Å². The Bertz CT molecular complexity index is 492. The summed E-state index contributed by atoms with van der Waals surface area (Å²) in [4.78, 5) is 12.3. The molecule has 2 atom stereocenters. The summed E-state index contributed by atoms with van der Waals surface area (Å²) in [5.41, 5.74) is 0.575. The van der Waals surface area contributed by atoms with Crippen LogP contribution < -0.4 is 10.1 Å². The molecule has 1 fully saturated rings. The van der Waals surface area contributed by atoms with E-state index in [4.69, 9.17) is 4.74 Å². The van der Waals surface area contributed by atoms with E-state index in [0.717, 1.165) is 17.3 Å². The third-order valence-corrected chi connectivity index (χ3v) is 4.94. The molecule has 1 amide bonds. The lowest BCUT2D eigenvalue weighted by molar-refractivity contribution is 0.0908. The lowest BCUT2D eigenvalue weighted by atomic mass is 9.79. The van der Waals surface area contributed by atoms with Crippen LogP contribution in [0.25, 0.3) is 0 Å². The van der Waals surface area contributed by atoms with Crippen molar-refractivity contribution >= 4 is 21.8 Å². The number of hydrogen-bond donors (Lipinski definition) is 2. The van der Waals surface area contributed by atoms with E-state index in [9.17, 15) is 9.90 Å². The fourth-order valence-corrected chi connectivity index (χ4v) is 3.34. The average molecular weight is 356 g/mol. The molecule has 1 aliphatic carbocycles. The monoisotopic (exact) mass is 355 g/mol. The number of rotatable bonds is 5. The lowest BCUT2D eigenvalue weighted by Gasteiger charge is -2.30. The molecule has 5 heteroatoms. The van der Waals surface area contributed by atoms with E-state index in [0.29, 0.717) is 29.7 Å². The Balaban J connectivity index is 1.98. The molecule has 21 heavy (non-hydrogen) atoms. The van der Waals surface area contributed by atoms with Crippen molar-refractivity contribution in [2.45, 2.75) is 25.7 Å². The predicted octanol–water partition coefficient (Wildman–Crippen LogP) is 2.99. The van der Waals surface area contributed by atoms with Crippen molar-refractivity contribution in [3.05, 3.63) is 28.2 Å². The molecule has 0 aromatic heterocycles. The number of aliphatic hydroxyl groups is 1. The summed E-state index contributed by atoms with van der Waals surface area (Å²) in [5, 5.41) is 12.4. The maximum Gasteiger partial charge on any atom is 0.252 e. The molecule has 0 radical (unpaired) electrons. The van der Waals surface area contributed by atoms with E-state index in [1.54, 1.807) is 13.2 Å². The van der Waals surface area contributed by atoms with E-state index in [1.165, 1.54) is 12.8 Å². The number of benzene rings is 1. The van der Waals surface area contributed by atoms with Crippen molar-refractivity contribution in [1.29, 1.82) is 0 Å². The molecule has 4 nitrogen and oxygen atoms in total. The molecule has 0 spiro atoms. The molecule has 1 aromatic carbocycles. The van der Waals surface area contributed by atoms with Crippen LogP contribution in [-0.2, 0) is 0 Å². The predicted molar refractivity (Wildman–Crippen MR) is 85.6 cm³/mol. The minimum absolute atomic E-state index is 0.108. The molecule has 2 unspecified atom stereocenters. The third kappa shape index (κ3) is 4.20. The average Bonchev–Trinajstić information content (AvgIpc) is 2.53. The molecule has 2 rings (SSSR count). The molecular weight excluding hydrogens is 334 g/mol. The Morgan fingerprint density at radius 2 is 2.10 bits per heavy atom. The fraction of sp³-hybridized carbons (Fsp3) is 0.562. The first-order valence-electron chi connectivity index (χ1n) is 7.38. The largest absolute Gasteiger partial charge is 0.497 e. The number of amides is 1. The molecule has 0 heterocycles. The highest BCUT2D eigenvalue weighted by atomic mass is 79.9. The summed E-state index contributed by atoms with van der Waals surface area (Å²) in [6, 6.07) is 5.35. The number of carbonyl (C=O) groups excluding carboxylic acids is 1. The molecule has 1 aromatic rings. The van der Waals surface area contributed by atoms with Gasteiger partial charge in [-0.1, -0.05) is 12.8 Å². The van der Waals surface area contributed by atoms with Crippen LogP contribution in [0.2, 0.25) is 0 Å². The van der Waals surface area contributed by atoms with Crippen molar-refractivity contribution in [1.82, 2.24) is 5.32 Å². The van der Waals surface area contributed by atoms with Gasteiger partial charge in [0, 0.05) is 17.6 Å². The highest BCUT2D eigenvalue weighted by Crippen LogP contribution is 2.29. The standard InChI is InChI=1S/C16H22BrNO3/c1-21-13-6-7-15(17)14(8-13)16(20)18-9-11-4-2-3-5-12(11)10-19/h6-8,11-12,19H,2-5,9-10H2,1H3,(H,18,20). The molecular formula is C16H22BrNO3. The zero-order valence-electron chi connectivity index (χ0n) is 12.3. The number of methoxy groups -OCH3 is 1. The molecule has 1 aliphatic rings. The molecule has 2 N–H and O–H groups in total. The van der Waals surface area contributed by atoms with Crippen LogP contribution >= 0.6 is 15.9 Å². The summed E-state index contributed by atoms with van der Waals surface area (Å²) >= 11 is 3.40. The van der Waals surface area contributed by atoms with Gasteiger partial charge in [-0.2, -0.15) is 0 Å². The highest BCUT2D eigenvalue weighted by Gasteiger charge is 2.25. The van der Waals surface area contributed by atoms with Gasteiger partial charge in [-0.15, -0.1) is 0 Å². The third-order valence-electron chi connectivity index (χ3n) is 4.24. The van der Waals surface area contributed by atoms with Gasteiger partial charge in [0.15, 0.2) is 0 Å². The van der Waals surface area contributed by atoms with E-state index in [2.05, 4.69) is 21.2 Å². The van der Waals surface area contributed by atoms with Crippen LogP contribution in [0, 0.1) is 11.8 Å². The Morgan fingerprint density at radius 3 is 2.76 bits per heavy atom. The summed E-state index contributed by atoms with van der Waals surface area (Å²) in [6.45, 7) is 0.830. The van der Waals surface area contributed by atoms with Gasteiger partial charge in [0.1, 0.15) is 5.75 Å². The van der Waals surface area contributed by atoms with Gasteiger partial charge >= 0.3 is 0 Å². The quantitative estimate of drug-likeness (QED) is 0.853. The lowest BCUT2D eigenvalue weighted by Crippen LogP contribution is -2.35. The number of carbonyl (C=O) groups is 1. The highest BCUT2D eigenvalue weighted by molar-refractivity contribution is 9.10. The van der Waals surface area contributed by atoms with E-state index >= 15 is 0 Å². The van der Waals surface area contributed by atoms with Crippen LogP contribution in [0.15, 0.2) is 22.7 Å². The molecule has 116 valence electrons. The van der Waals surface area contributed by atoms with Crippen LogP contribution in [0.3, 0.4) is 0 Å². The number of hydrogen-bond acceptors (Lipinski definition) is 3. The maximum atomic E-state index is 12.3. The second kappa shape index (κ2) is 7.80. The summed E-state index contributed by atoms with van der Waals surface area (Å²) in [6.07, 6.45) is 4.49. The minimum Gasteiger partial charge on any atom is -0.497 e. The Morgan fingerprint density at radius 1 is 1.38 bits per heavy atom. The van der Waals surface area contributed by atoms with Crippen molar-refractivity contribution in [2.75, 3.05) is 20.3 Å². The van der Waals surface area contributed by atoms with Gasteiger partial charge in [0.05, 0.1) is 12.7 Å². The molecule has 0 aliphatic heterocycles. The molecule has 0 saturated heterocycles. The van der Waals surface area contributed by atoms with Crippen LogP contribution in [0.5, 0.6) is 5.75 Å². The van der Waals surface area contributed by atoms with Gasteiger partial charge in [0.25, 0.3) is 5.91 Å². The van der Waals surface area contributed by atoms with E-state index < -0.39 is 0 Å². The van der Waals surface area contributed by atoms with Crippen LogP contribution in [0.1, 0.15) is 36.0 Å². The van der Waals surface area contributed by atoms with Crippen molar-refractivity contribution in [3.8, 4) is 5.75 Å². The van der Waals surface area contributed by atoms with Crippen LogP contribution in [0.4, 0.5) is 0 Å². The van der Waals surface area contributed by atoms with Crippen molar-refractivity contribution < 1.29 is 14.6 Å². The Hall–Kier alpha value is -1.07. The normalized spacial score (nSPS) is 21.9. The SMILES string of the molecule is COc1ccc(Br)c(C(=O)NCC2CCCCC2CO)c1.